The summed E-state index contributed by atoms with van der Waals surface area (Å²) in [6.45, 7) is 0. The van der Waals surface area contributed by atoms with Gasteiger partial charge in [0.25, 0.3) is 0 Å². The van der Waals surface area contributed by atoms with Crippen LogP contribution in [0.15, 0.2) is 66.7 Å². The van der Waals surface area contributed by atoms with Gasteiger partial charge in [-0.2, -0.15) is 0 Å². The normalized spacial score (nSPS) is 10.2. The number of carbonyl (C=O) groups excluding carboxylic acids is 1. The zero-order valence-electron chi connectivity index (χ0n) is 11.4. The van der Waals surface area contributed by atoms with Crippen LogP contribution in [0.25, 0.3) is 11.3 Å². The first-order valence-corrected chi connectivity index (χ1v) is 6.98. The van der Waals surface area contributed by atoms with E-state index in [-0.39, 0.29) is 11.4 Å². The molecule has 0 aliphatic heterocycles. The predicted molar refractivity (Wildman–Crippen MR) is 83.9 cm³/mol. The molecule has 2 aromatic carbocycles. The summed E-state index contributed by atoms with van der Waals surface area (Å²) in [7, 11) is 0. The molecule has 0 aliphatic rings. The number of ether oxygens (including phenoxy) is 1. The third-order valence-corrected chi connectivity index (χ3v) is 3.33. The minimum atomic E-state index is -0.563. The number of nitrogens with zero attached hydrogens (tertiary/aromatic N) is 2. The average Bonchev–Trinajstić information content (AvgIpc) is 2.57. The zero-order valence-corrected chi connectivity index (χ0v) is 12.2. The number of esters is 1. The van der Waals surface area contributed by atoms with Crippen molar-refractivity contribution in [2.45, 2.75) is 0 Å². The number of hydrogen-bond donors (Lipinski definition) is 0. The Morgan fingerprint density at radius 1 is 0.864 bits per heavy atom. The van der Waals surface area contributed by atoms with E-state index in [0.29, 0.717) is 10.7 Å². The average molecular weight is 311 g/mol. The number of halogens is 1. The van der Waals surface area contributed by atoms with Gasteiger partial charge < -0.3 is 4.74 Å². The van der Waals surface area contributed by atoms with E-state index in [2.05, 4.69) is 10.2 Å². The molecule has 0 saturated carbocycles. The predicted octanol–water partition coefficient (Wildman–Crippen LogP) is 4.02. The second-order valence-corrected chi connectivity index (χ2v) is 4.90. The molecule has 0 radical (unpaired) electrons. The highest BCUT2D eigenvalue weighted by molar-refractivity contribution is 6.33. The summed E-state index contributed by atoms with van der Waals surface area (Å²) in [5, 5.41) is 8.31. The molecule has 1 aromatic heterocycles. The maximum Gasteiger partial charge on any atom is 0.346 e. The Morgan fingerprint density at radius 3 is 2.27 bits per heavy atom. The maximum atomic E-state index is 12.0. The quantitative estimate of drug-likeness (QED) is 0.686. The Bertz CT molecular complexity index is 789. The molecule has 22 heavy (non-hydrogen) atoms. The summed E-state index contributed by atoms with van der Waals surface area (Å²) in [5.74, 6) is -0.433. The van der Waals surface area contributed by atoms with Crippen LogP contribution in [-0.2, 0) is 0 Å². The second kappa shape index (κ2) is 6.37. The summed E-state index contributed by atoms with van der Waals surface area (Å²) < 4.78 is 5.18. The molecule has 0 fully saturated rings. The maximum absolute atomic E-state index is 12.0. The number of hydrogen-bond acceptors (Lipinski definition) is 4. The first kappa shape index (κ1) is 14.2. The van der Waals surface area contributed by atoms with Crippen LogP contribution in [0.5, 0.6) is 5.88 Å². The van der Waals surface area contributed by atoms with E-state index in [4.69, 9.17) is 16.3 Å². The second-order valence-electron chi connectivity index (χ2n) is 4.49. The lowest BCUT2D eigenvalue weighted by atomic mass is 10.1. The molecule has 0 bridgehead atoms. The van der Waals surface area contributed by atoms with Gasteiger partial charge in [-0.25, -0.2) is 4.79 Å². The minimum Gasteiger partial charge on any atom is -0.402 e. The molecule has 0 saturated heterocycles. The fraction of sp³-hybridized carbons (Fsp3) is 0. The summed E-state index contributed by atoms with van der Waals surface area (Å²) in [4.78, 5) is 12.0. The fourth-order valence-corrected chi connectivity index (χ4v) is 2.13. The summed E-state index contributed by atoms with van der Waals surface area (Å²) in [6, 6.07) is 19.7. The SMILES string of the molecule is O=C(Oc1ccc(-c2ccccc2)nn1)c1ccccc1Cl. The highest BCUT2D eigenvalue weighted by Gasteiger charge is 2.13. The van der Waals surface area contributed by atoms with Crippen LogP contribution in [0.3, 0.4) is 0 Å². The number of carbonyl (C=O) groups is 1. The molecule has 3 aromatic rings. The van der Waals surface area contributed by atoms with E-state index in [0.717, 1.165) is 5.56 Å². The Balaban J connectivity index is 1.77. The standard InChI is InChI=1S/C17H11ClN2O2/c18-14-9-5-4-8-13(14)17(21)22-16-11-10-15(19-20-16)12-6-2-1-3-7-12/h1-11H. The third-order valence-electron chi connectivity index (χ3n) is 3.00. The Morgan fingerprint density at radius 2 is 1.59 bits per heavy atom. The monoisotopic (exact) mass is 310 g/mol. The van der Waals surface area contributed by atoms with E-state index in [1.165, 1.54) is 0 Å². The van der Waals surface area contributed by atoms with Crippen LogP contribution in [0, 0.1) is 0 Å². The van der Waals surface area contributed by atoms with Gasteiger partial charge >= 0.3 is 5.97 Å². The van der Waals surface area contributed by atoms with Gasteiger partial charge in [-0.05, 0) is 18.2 Å². The lowest BCUT2D eigenvalue weighted by molar-refractivity contribution is 0.0726. The van der Waals surface area contributed by atoms with E-state index in [9.17, 15) is 4.79 Å². The number of benzene rings is 2. The lowest BCUT2D eigenvalue weighted by Crippen LogP contribution is -2.10. The molecule has 0 spiro atoms. The van der Waals surface area contributed by atoms with Crippen molar-refractivity contribution in [3.63, 3.8) is 0 Å². The van der Waals surface area contributed by atoms with Crippen molar-refractivity contribution < 1.29 is 9.53 Å². The molecule has 5 heteroatoms. The van der Waals surface area contributed by atoms with Crippen molar-refractivity contribution in [2.24, 2.45) is 0 Å². The Kier molecular flexibility index (Phi) is 4.12. The van der Waals surface area contributed by atoms with E-state index in [1.807, 2.05) is 30.3 Å². The molecule has 0 atom stereocenters. The Labute approximate surface area is 132 Å². The van der Waals surface area contributed by atoms with Crippen molar-refractivity contribution in [1.82, 2.24) is 10.2 Å². The van der Waals surface area contributed by atoms with E-state index < -0.39 is 5.97 Å². The smallest absolute Gasteiger partial charge is 0.346 e. The molecule has 1 heterocycles. The Hall–Kier alpha value is -2.72. The molecule has 3 rings (SSSR count). The molecule has 0 aliphatic carbocycles. The molecular weight excluding hydrogens is 300 g/mol. The largest absolute Gasteiger partial charge is 0.402 e. The first-order chi connectivity index (χ1) is 10.7. The molecule has 0 N–H and O–H groups in total. The number of aromatic nitrogens is 2. The first-order valence-electron chi connectivity index (χ1n) is 6.60. The van der Waals surface area contributed by atoms with Crippen LogP contribution in [0.2, 0.25) is 5.02 Å². The van der Waals surface area contributed by atoms with Crippen LogP contribution in [0.4, 0.5) is 0 Å². The van der Waals surface area contributed by atoms with E-state index in [1.54, 1.807) is 36.4 Å². The lowest BCUT2D eigenvalue weighted by Gasteiger charge is -2.05. The third kappa shape index (κ3) is 3.13. The molecule has 108 valence electrons. The summed E-state index contributed by atoms with van der Waals surface area (Å²) in [5.41, 5.74) is 1.94. The van der Waals surface area contributed by atoms with Crippen molar-refractivity contribution in [3.8, 4) is 17.1 Å². The summed E-state index contributed by atoms with van der Waals surface area (Å²) >= 11 is 5.95. The molecule has 0 unspecified atom stereocenters. The van der Waals surface area contributed by atoms with Gasteiger partial charge in [-0.15, -0.1) is 10.2 Å². The zero-order chi connectivity index (χ0) is 15.4. The summed E-state index contributed by atoms with van der Waals surface area (Å²) in [6.07, 6.45) is 0. The molecule has 0 amide bonds. The van der Waals surface area contributed by atoms with Crippen LogP contribution < -0.4 is 4.74 Å². The topological polar surface area (TPSA) is 52.1 Å². The molecular formula is C17H11ClN2O2. The van der Waals surface area contributed by atoms with Crippen molar-refractivity contribution in [2.75, 3.05) is 0 Å². The van der Waals surface area contributed by atoms with Gasteiger partial charge in [-0.1, -0.05) is 54.1 Å². The van der Waals surface area contributed by atoms with Gasteiger partial charge in [0.2, 0.25) is 5.88 Å². The molecule has 4 nitrogen and oxygen atoms in total. The number of rotatable bonds is 3. The van der Waals surface area contributed by atoms with Gasteiger partial charge in [0.15, 0.2) is 0 Å². The van der Waals surface area contributed by atoms with E-state index >= 15 is 0 Å². The van der Waals surface area contributed by atoms with Gasteiger partial charge in [0, 0.05) is 11.6 Å². The van der Waals surface area contributed by atoms with Gasteiger partial charge in [0.1, 0.15) is 0 Å². The van der Waals surface area contributed by atoms with Gasteiger partial charge in [-0.3, -0.25) is 0 Å². The minimum absolute atomic E-state index is 0.129. The fourth-order valence-electron chi connectivity index (χ4n) is 1.91. The van der Waals surface area contributed by atoms with Crippen molar-refractivity contribution >= 4 is 17.6 Å². The van der Waals surface area contributed by atoms with Crippen LogP contribution in [-0.4, -0.2) is 16.2 Å². The highest BCUT2D eigenvalue weighted by Crippen LogP contribution is 2.19. The van der Waals surface area contributed by atoms with Crippen LogP contribution in [0.1, 0.15) is 10.4 Å². The highest BCUT2D eigenvalue weighted by atomic mass is 35.5. The van der Waals surface area contributed by atoms with Crippen molar-refractivity contribution in [3.05, 3.63) is 77.3 Å². The van der Waals surface area contributed by atoms with Gasteiger partial charge in [0.05, 0.1) is 16.3 Å². The van der Waals surface area contributed by atoms with Crippen molar-refractivity contribution in [1.29, 1.82) is 0 Å². The van der Waals surface area contributed by atoms with Crippen LogP contribution >= 0.6 is 11.6 Å².